The summed E-state index contributed by atoms with van der Waals surface area (Å²) >= 11 is 0. The van der Waals surface area contributed by atoms with Crippen molar-refractivity contribution >= 4 is 5.82 Å². The SMILES string of the molecule is CCNCc1cnc(N2CCCC(COC)C2)cn1. The van der Waals surface area contributed by atoms with Gasteiger partial charge in [-0.05, 0) is 25.3 Å². The fourth-order valence-electron chi connectivity index (χ4n) is 2.50. The van der Waals surface area contributed by atoms with E-state index in [1.165, 1.54) is 12.8 Å². The minimum absolute atomic E-state index is 0.613. The Morgan fingerprint density at radius 1 is 1.42 bits per heavy atom. The van der Waals surface area contributed by atoms with Crippen molar-refractivity contribution in [2.45, 2.75) is 26.3 Å². The Labute approximate surface area is 115 Å². The van der Waals surface area contributed by atoms with Gasteiger partial charge in [-0.1, -0.05) is 6.92 Å². The largest absolute Gasteiger partial charge is 0.384 e. The van der Waals surface area contributed by atoms with Crippen molar-refractivity contribution in [2.24, 2.45) is 5.92 Å². The maximum atomic E-state index is 5.26. The lowest BCUT2D eigenvalue weighted by atomic mass is 9.99. The Bertz CT molecular complexity index is 366. The lowest BCUT2D eigenvalue weighted by Crippen LogP contribution is -2.37. The van der Waals surface area contributed by atoms with Crippen molar-refractivity contribution in [3.63, 3.8) is 0 Å². The molecule has 2 rings (SSSR count). The van der Waals surface area contributed by atoms with Crippen LogP contribution >= 0.6 is 0 Å². The van der Waals surface area contributed by atoms with Crippen LogP contribution in [0.1, 0.15) is 25.5 Å². The predicted molar refractivity (Wildman–Crippen MR) is 76.2 cm³/mol. The molecule has 5 nitrogen and oxygen atoms in total. The van der Waals surface area contributed by atoms with Gasteiger partial charge in [0.25, 0.3) is 0 Å². The van der Waals surface area contributed by atoms with Crippen LogP contribution in [-0.4, -0.2) is 43.3 Å². The number of aromatic nitrogens is 2. The average Bonchev–Trinajstić information content (AvgIpc) is 2.46. The number of ether oxygens (including phenoxy) is 1. The maximum Gasteiger partial charge on any atom is 0.147 e. The zero-order chi connectivity index (χ0) is 13.5. The molecule has 1 aromatic heterocycles. The maximum absolute atomic E-state index is 5.26. The molecule has 0 bridgehead atoms. The first kappa shape index (κ1) is 14.2. The molecule has 0 aliphatic carbocycles. The summed E-state index contributed by atoms with van der Waals surface area (Å²) in [7, 11) is 1.77. The lowest BCUT2D eigenvalue weighted by molar-refractivity contribution is 0.143. The number of rotatable bonds is 6. The van der Waals surface area contributed by atoms with Crippen LogP contribution in [0.15, 0.2) is 12.4 Å². The Hall–Kier alpha value is -1.20. The van der Waals surface area contributed by atoms with Gasteiger partial charge in [-0.3, -0.25) is 4.98 Å². The molecule has 1 unspecified atom stereocenters. The first-order valence-electron chi connectivity index (χ1n) is 7.09. The molecular weight excluding hydrogens is 240 g/mol. The van der Waals surface area contributed by atoms with Gasteiger partial charge in [0.15, 0.2) is 0 Å². The van der Waals surface area contributed by atoms with Gasteiger partial charge in [0.05, 0.1) is 24.7 Å². The second-order valence-electron chi connectivity index (χ2n) is 5.06. The highest BCUT2D eigenvalue weighted by Crippen LogP contribution is 2.21. The predicted octanol–water partition coefficient (Wildman–Crippen LogP) is 1.45. The van der Waals surface area contributed by atoms with E-state index in [0.717, 1.165) is 44.3 Å². The summed E-state index contributed by atoms with van der Waals surface area (Å²) in [4.78, 5) is 11.3. The zero-order valence-electron chi connectivity index (χ0n) is 11.9. The highest BCUT2D eigenvalue weighted by molar-refractivity contribution is 5.36. The fourth-order valence-corrected chi connectivity index (χ4v) is 2.50. The van der Waals surface area contributed by atoms with Crippen molar-refractivity contribution in [3.05, 3.63) is 18.1 Å². The molecule has 1 N–H and O–H groups in total. The molecule has 1 aromatic rings. The number of methoxy groups -OCH3 is 1. The summed E-state index contributed by atoms with van der Waals surface area (Å²) in [6.07, 6.45) is 6.21. The third-order valence-electron chi connectivity index (χ3n) is 3.49. The number of hydrogen-bond donors (Lipinski definition) is 1. The van der Waals surface area contributed by atoms with E-state index in [2.05, 4.69) is 27.1 Å². The minimum atomic E-state index is 0.613. The lowest BCUT2D eigenvalue weighted by Gasteiger charge is -2.33. The zero-order valence-corrected chi connectivity index (χ0v) is 11.9. The molecule has 0 saturated carbocycles. The topological polar surface area (TPSA) is 50.3 Å². The highest BCUT2D eigenvalue weighted by Gasteiger charge is 2.20. The van der Waals surface area contributed by atoms with Crippen LogP contribution < -0.4 is 10.2 Å². The molecular formula is C14H24N4O. The second kappa shape index (κ2) is 7.40. The molecule has 106 valence electrons. The smallest absolute Gasteiger partial charge is 0.147 e. The molecule has 1 fully saturated rings. The number of hydrogen-bond acceptors (Lipinski definition) is 5. The average molecular weight is 264 g/mol. The molecule has 0 radical (unpaired) electrons. The normalized spacial score (nSPS) is 19.7. The van der Waals surface area contributed by atoms with Crippen LogP contribution in [0.5, 0.6) is 0 Å². The molecule has 0 amide bonds. The van der Waals surface area contributed by atoms with Crippen molar-refractivity contribution in [1.29, 1.82) is 0 Å². The minimum Gasteiger partial charge on any atom is -0.384 e. The van der Waals surface area contributed by atoms with Crippen molar-refractivity contribution in [2.75, 3.05) is 38.3 Å². The molecule has 1 atom stereocenters. The summed E-state index contributed by atoms with van der Waals surface area (Å²) in [6, 6.07) is 0. The van der Waals surface area contributed by atoms with Crippen molar-refractivity contribution < 1.29 is 4.74 Å². The van der Waals surface area contributed by atoms with E-state index in [0.29, 0.717) is 5.92 Å². The van der Waals surface area contributed by atoms with Gasteiger partial charge in [-0.15, -0.1) is 0 Å². The van der Waals surface area contributed by atoms with Crippen LogP contribution in [0.25, 0.3) is 0 Å². The molecule has 0 aromatic carbocycles. The van der Waals surface area contributed by atoms with E-state index >= 15 is 0 Å². The van der Waals surface area contributed by atoms with Gasteiger partial charge in [0.1, 0.15) is 5.82 Å². The molecule has 5 heteroatoms. The number of anilines is 1. The summed E-state index contributed by atoms with van der Waals surface area (Å²) in [6.45, 7) is 6.76. The van der Waals surface area contributed by atoms with Gasteiger partial charge in [-0.25, -0.2) is 4.98 Å². The van der Waals surface area contributed by atoms with E-state index in [9.17, 15) is 0 Å². The van der Waals surface area contributed by atoms with Crippen LogP contribution in [-0.2, 0) is 11.3 Å². The first-order valence-corrected chi connectivity index (χ1v) is 7.09. The van der Waals surface area contributed by atoms with E-state index in [1.807, 2.05) is 12.4 Å². The Kier molecular flexibility index (Phi) is 5.54. The molecule has 1 aliphatic heterocycles. The van der Waals surface area contributed by atoms with E-state index in [1.54, 1.807) is 7.11 Å². The Balaban J connectivity index is 1.93. The van der Waals surface area contributed by atoms with E-state index in [4.69, 9.17) is 4.74 Å². The quantitative estimate of drug-likeness (QED) is 0.843. The van der Waals surface area contributed by atoms with Crippen molar-refractivity contribution in [1.82, 2.24) is 15.3 Å². The second-order valence-corrected chi connectivity index (χ2v) is 5.06. The number of nitrogens with one attached hydrogen (secondary N) is 1. The van der Waals surface area contributed by atoms with Crippen LogP contribution in [0.4, 0.5) is 5.82 Å². The van der Waals surface area contributed by atoms with Gasteiger partial charge in [0.2, 0.25) is 0 Å². The third-order valence-corrected chi connectivity index (χ3v) is 3.49. The Morgan fingerprint density at radius 2 is 2.32 bits per heavy atom. The van der Waals surface area contributed by atoms with E-state index < -0.39 is 0 Å². The molecule has 1 aliphatic rings. The molecule has 2 heterocycles. The number of nitrogens with zero attached hydrogens (tertiary/aromatic N) is 3. The number of piperidine rings is 1. The summed E-state index contributed by atoms with van der Waals surface area (Å²) in [5.74, 6) is 1.60. The third kappa shape index (κ3) is 4.14. The van der Waals surface area contributed by atoms with Crippen molar-refractivity contribution in [3.8, 4) is 0 Å². The van der Waals surface area contributed by atoms with Crippen LogP contribution in [0.3, 0.4) is 0 Å². The van der Waals surface area contributed by atoms with Crippen LogP contribution in [0.2, 0.25) is 0 Å². The van der Waals surface area contributed by atoms with Crippen LogP contribution in [0, 0.1) is 5.92 Å². The summed E-state index contributed by atoms with van der Waals surface area (Å²) in [5.41, 5.74) is 0.996. The first-order chi connectivity index (χ1) is 9.33. The van der Waals surface area contributed by atoms with Gasteiger partial charge in [-0.2, -0.15) is 0 Å². The van der Waals surface area contributed by atoms with E-state index in [-0.39, 0.29) is 0 Å². The molecule has 19 heavy (non-hydrogen) atoms. The molecule has 0 spiro atoms. The monoisotopic (exact) mass is 264 g/mol. The fraction of sp³-hybridized carbons (Fsp3) is 0.714. The summed E-state index contributed by atoms with van der Waals surface area (Å²) in [5, 5.41) is 3.25. The van der Waals surface area contributed by atoms with Gasteiger partial charge < -0.3 is 15.0 Å². The van der Waals surface area contributed by atoms with Gasteiger partial charge in [0, 0.05) is 26.7 Å². The highest BCUT2D eigenvalue weighted by atomic mass is 16.5. The summed E-state index contributed by atoms with van der Waals surface area (Å²) < 4.78 is 5.26. The standard InChI is InChI=1S/C14H24N4O/c1-3-15-7-13-8-17-14(9-16-13)18-6-4-5-12(10-18)11-19-2/h8-9,12,15H,3-7,10-11H2,1-2H3. The molecule has 1 saturated heterocycles. The van der Waals surface area contributed by atoms with Gasteiger partial charge >= 0.3 is 0 Å². The Morgan fingerprint density at radius 3 is 3.00 bits per heavy atom.